The number of ether oxygens (including phenoxy) is 1. The van der Waals surface area contributed by atoms with Crippen LogP contribution in [-0.4, -0.2) is 48.7 Å². The van der Waals surface area contributed by atoms with Crippen molar-refractivity contribution < 1.29 is 22.9 Å². The summed E-state index contributed by atoms with van der Waals surface area (Å²) >= 11 is 2.41. The molecule has 1 fully saturated rings. The second-order valence-electron chi connectivity index (χ2n) is 7.33. The Kier molecular flexibility index (Phi) is 6.74. The average Bonchev–Trinajstić information content (AvgIpc) is 3.49. The Morgan fingerprint density at radius 3 is 2.70 bits per heavy atom. The summed E-state index contributed by atoms with van der Waals surface area (Å²) in [5, 5.41) is 17.1. The fraction of sp³-hybridized carbons (Fsp3) is 0.300. The normalized spacial score (nSPS) is 16.9. The third-order valence-electron chi connectivity index (χ3n) is 5.24. The van der Waals surface area contributed by atoms with E-state index in [1.54, 1.807) is 17.5 Å². The van der Waals surface area contributed by atoms with E-state index >= 15 is 0 Å². The van der Waals surface area contributed by atoms with Gasteiger partial charge >= 0.3 is 0 Å². The summed E-state index contributed by atoms with van der Waals surface area (Å²) in [6.45, 7) is 0.423. The number of benzene rings is 1. The maximum Gasteiger partial charge on any atom is 0.280 e. The van der Waals surface area contributed by atoms with Crippen LogP contribution in [0.4, 0.5) is 10.8 Å². The highest BCUT2D eigenvalue weighted by molar-refractivity contribution is 7.89. The van der Waals surface area contributed by atoms with Crippen molar-refractivity contribution in [1.29, 1.82) is 0 Å². The van der Waals surface area contributed by atoms with Gasteiger partial charge in [-0.25, -0.2) is 13.4 Å². The molecule has 0 spiro atoms. The lowest BCUT2D eigenvalue weighted by molar-refractivity contribution is -0.384. The predicted molar refractivity (Wildman–Crippen MR) is 125 cm³/mol. The Hall–Kier alpha value is -2.87. The highest BCUT2D eigenvalue weighted by atomic mass is 32.2. The fourth-order valence-corrected chi connectivity index (χ4v) is 6.61. The van der Waals surface area contributed by atoms with Gasteiger partial charge in [0.05, 0.1) is 38.8 Å². The third-order valence-corrected chi connectivity index (χ3v) is 8.81. The molecule has 0 radical (unpaired) electrons. The number of sulfonamides is 1. The van der Waals surface area contributed by atoms with Crippen molar-refractivity contribution in [3.63, 3.8) is 0 Å². The Bertz CT molecular complexity index is 1270. The van der Waals surface area contributed by atoms with Gasteiger partial charge in [-0.05, 0) is 37.1 Å². The molecule has 1 amide bonds. The molecule has 3 aromatic rings. The van der Waals surface area contributed by atoms with Crippen LogP contribution in [0.15, 0.2) is 46.0 Å². The monoisotopic (exact) mass is 508 g/mol. The van der Waals surface area contributed by atoms with Gasteiger partial charge in [-0.15, -0.1) is 22.7 Å². The van der Waals surface area contributed by atoms with Gasteiger partial charge in [-0.3, -0.25) is 14.9 Å². The van der Waals surface area contributed by atoms with Crippen LogP contribution < -0.4 is 10.1 Å². The van der Waals surface area contributed by atoms with Crippen molar-refractivity contribution >= 4 is 49.4 Å². The van der Waals surface area contributed by atoms with E-state index in [1.165, 1.54) is 57.7 Å². The molecule has 3 heterocycles. The number of anilines is 1. The number of amides is 1. The van der Waals surface area contributed by atoms with Crippen LogP contribution in [0.1, 0.15) is 12.8 Å². The first-order valence-electron chi connectivity index (χ1n) is 9.92. The predicted octanol–water partition coefficient (Wildman–Crippen LogP) is 3.83. The summed E-state index contributed by atoms with van der Waals surface area (Å²) in [6, 6.07) is 7.59. The van der Waals surface area contributed by atoms with Crippen molar-refractivity contribution in [2.24, 2.45) is 5.92 Å². The molecule has 0 aliphatic carbocycles. The molecule has 13 heteroatoms. The first-order chi connectivity index (χ1) is 15.8. The van der Waals surface area contributed by atoms with Crippen LogP contribution in [0.25, 0.3) is 10.6 Å². The molecule has 0 bridgehead atoms. The number of nitrogens with one attached hydrogen (secondary N) is 1. The van der Waals surface area contributed by atoms with Crippen molar-refractivity contribution in [1.82, 2.24) is 9.29 Å². The molecule has 2 aromatic heterocycles. The molecular weight excluding hydrogens is 488 g/mol. The summed E-state index contributed by atoms with van der Waals surface area (Å²) in [7, 11) is -2.22. The van der Waals surface area contributed by atoms with E-state index in [1.807, 2.05) is 0 Å². The number of carbonyl (C=O) groups is 1. The van der Waals surface area contributed by atoms with Gasteiger partial charge in [0.1, 0.15) is 5.75 Å². The molecule has 1 saturated heterocycles. The topological polar surface area (TPSA) is 132 Å². The molecular formula is C20H20N4O6S3. The number of thiazole rings is 1. The van der Waals surface area contributed by atoms with Gasteiger partial charge in [0, 0.05) is 24.5 Å². The zero-order valence-electron chi connectivity index (χ0n) is 17.5. The molecule has 1 aliphatic heterocycles. The van der Waals surface area contributed by atoms with Gasteiger partial charge in [0.2, 0.25) is 15.9 Å². The SMILES string of the molecule is COc1ccc(S(=O)(=O)N2CCCC(C(=O)Nc3nc(-c4cc([N+](=O)[O-])cs4)cs3)C2)cc1. The second-order valence-corrected chi connectivity index (χ2v) is 11.0. The molecule has 33 heavy (non-hydrogen) atoms. The zero-order chi connectivity index (χ0) is 23.6. The number of nitrogens with zero attached hydrogens (tertiary/aromatic N) is 3. The number of rotatable bonds is 7. The van der Waals surface area contributed by atoms with E-state index in [4.69, 9.17) is 4.74 Å². The third kappa shape index (κ3) is 5.05. The minimum absolute atomic E-state index is 0.00560. The lowest BCUT2D eigenvalue weighted by Crippen LogP contribution is -2.43. The Labute approximate surface area is 198 Å². The standard InChI is InChI=1S/C20H20N4O6S3/c1-30-15-4-6-16(7-5-15)33(28,29)23-8-2-3-13(10-23)19(25)22-20-21-17(12-32-20)18-9-14(11-31-18)24(26)27/h4-7,9,11-13H,2-3,8,10H2,1H3,(H,21,22,25). The number of methoxy groups -OCH3 is 1. The smallest absolute Gasteiger partial charge is 0.280 e. The summed E-state index contributed by atoms with van der Waals surface area (Å²) in [5.41, 5.74) is 0.537. The number of hydrogen-bond acceptors (Lipinski definition) is 9. The first-order valence-corrected chi connectivity index (χ1v) is 13.1. The molecule has 10 nitrogen and oxygen atoms in total. The highest BCUT2D eigenvalue weighted by Gasteiger charge is 2.33. The number of aromatic nitrogens is 1. The van der Waals surface area contributed by atoms with Gasteiger partial charge in [0.25, 0.3) is 5.69 Å². The summed E-state index contributed by atoms with van der Waals surface area (Å²) < 4.78 is 32.5. The van der Waals surface area contributed by atoms with Gasteiger partial charge in [0.15, 0.2) is 5.13 Å². The molecule has 4 rings (SSSR count). The molecule has 174 valence electrons. The van der Waals surface area contributed by atoms with Crippen LogP contribution >= 0.6 is 22.7 Å². The number of piperidine rings is 1. The summed E-state index contributed by atoms with van der Waals surface area (Å²) in [4.78, 5) is 28.4. The maximum absolute atomic E-state index is 13.0. The highest BCUT2D eigenvalue weighted by Crippen LogP contribution is 2.33. The van der Waals surface area contributed by atoms with E-state index in [0.717, 1.165) is 0 Å². The van der Waals surface area contributed by atoms with Crippen LogP contribution in [0.3, 0.4) is 0 Å². The quantitative estimate of drug-likeness (QED) is 0.379. The van der Waals surface area contributed by atoms with Gasteiger partial charge in [-0.2, -0.15) is 4.31 Å². The van der Waals surface area contributed by atoms with E-state index < -0.39 is 20.9 Å². The van der Waals surface area contributed by atoms with Crippen LogP contribution in [-0.2, 0) is 14.8 Å². The average molecular weight is 509 g/mol. The number of hydrogen-bond donors (Lipinski definition) is 1. The van der Waals surface area contributed by atoms with Crippen LogP contribution in [0.2, 0.25) is 0 Å². The van der Waals surface area contributed by atoms with Crippen LogP contribution in [0.5, 0.6) is 5.75 Å². The van der Waals surface area contributed by atoms with Crippen molar-refractivity contribution in [3.05, 3.63) is 51.2 Å². The molecule has 1 atom stereocenters. The second kappa shape index (κ2) is 9.55. The lowest BCUT2D eigenvalue weighted by Gasteiger charge is -2.31. The molecule has 1 unspecified atom stereocenters. The van der Waals surface area contributed by atoms with E-state index in [0.29, 0.717) is 40.8 Å². The van der Waals surface area contributed by atoms with Crippen molar-refractivity contribution in [2.45, 2.75) is 17.7 Å². The Balaban J connectivity index is 1.42. The molecule has 1 N–H and O–H groups in total. The van der Waals surface area contributed by atoms with E-state index in [9.17, 15) is 23.3 Å². The van der Waals surface area contributed by atoms with E-state index in [-0.39, 0.29) is 23.0 Å². The van der Waals surface area contributed by atoms with Gasteiger partial charge in [-0.1, -0.05) is 0 Å². The first kappa shape index (κ1) is 23.3. The number of thiophene rings is 1. The van der Waals surface area contributed by atoms with Crippen molar-refractivity contribution in [3.8, 4) is 16.3 Å². The minimum Gasteiger partial charge on any atom is -0.497 e. The lowest BCUT2D eigenvalue weighted by atomic mass is 9.99. The molecule has 0 saturated carbocycles. The molecule has 1 aromatic carbocycles. The minimum atomic E-state index is -3.73. The fourth-order valence-electron chi connectivity index (χ4n) is 3.48. The summed E-state index contributed by atoms with van der Waals surface area (Å²) in [5.74, 6) is -0.255. The van der Waals surface area contributed by atoms with Crippen LogP contribution in [0, 0.1) is 16.0 Å². The largest absolute Gasteiger partial charge is 0.497 e. The molecule has 1 aliphatic rings. The maximum atomic E-state index is 13.0. The zero-order valence-corrected chi connectivity index (χ0v) is 19.9. The number of carbonyl (C=O) groups excluding carboxylic acids is 1. The Morgan fingerprint density at radius 1 is 1.27 bits per heavy atom. The van der Waals surface area contributed by atoms with E-state index in [2.05, 4.69) is 10.3 Å². The Morgan fingerprint density at radius 2 is 2.03 bits per heavy atom. The van der Waals surface area contributed by atoms with Crippen molar-refractivity contribution in [2.75, 3.05) is 25.5 Å². The summed E-state index contributed by atoms with van der Waals surface area (Å²) in [6.07, 6.45) is 1.13. The number of nitro groups is 1. The van der Waals surface area contributed by atoms with Gasteiger partial charge < -0.3 is 10.1 Å².